The van der Waals surface area contributed by atoms with Crippen LogP contribution >= 0.6 is 0 Å². The number of aliphatic hydroxyl groups excluding tert-OH is 1. The minimum absolute atomic E-state index is 0.108. The number of nitrogens with one attached hydrogen (secondary N) is 1. The van der Waals surface area contributed by atoms with Crippen molar-refractivity contribution in [1.29, 1.82) is 0 Å². The lowest BCUT2D eigenvalue weighted by molar-refractivity contribution is -0.122. The summed E-state index contributed by atoms with van der Waals surface area (Å²) in [4.78, 5) is 11.5. The maximum absolute atomic E-state index is 11.5. The Kier molecular flexibility index (Phi) is 8.26. The number of amides is 1. The predicted molar refractivity (Wildman–Crippen MR) is 67.2 cm³/mol. The first-order valence-corrected chi connectivity index (χ1v) is 6.42. The smallest absolute Gasteiger partial charge is 0.220 e. The summed E-state index contributed by atoms with van der Waals surface area (Å²) in [6, 6.07) is 0. The van der Waals surface area contributed by atoms with Gasteiger partial charge in [-0.3, -0.25) is 4.79 Å². The van der Waals surface area contributed by atoms with E-state index in [9.17, 15) is 9.90 Å². The predicted octanol–water partition coefficient (Wildman–Crippen LogP) is 2.34. The number of hydrogen-bond acceptors (Lipinski definition) is 2. The SMILES string of the molecule is CCCC(C)CC(=O)NCCC(O)C(C)C. The van der Waals surface area contributed by atoms with Crippen LogP contribution in [0.5, 0.6) is 0 Å². The highest BCUT2D eigenvalue weighted by Gasteiger charge is 2.11. The molecule has 0 spiro atoms. The molecule has 0 aliphatic heterocycles. The van der Waals surface area contributed by atoms with E-state index < -0.39 is 0 Å². The Morgan fingerprint density at radius 3 is 2.38 bits per heavy atom. The zero-order valence-electron chi connectivity index (χ0n) is 11.1. The van der Waals surface area contributed by atoms with Crippen molar-refractivity contribution in [2.75, 3.05) is 6.54 Å². The first-order chi connectivity index (χ1) is 7.47. The normalized spacial score (nSPS) is 14.9. The highest BCUT2D eigenvalue weighted by atomic mass is 16.3. The topological polar surface area (TPSA) is 49.3 Å². The molecule has 0 heterocycles. The molecule has 2 atom stereocenters. The second kappa shape index (κ2) is 8.57. The van der Waals surface area contributed by atoms with Crippen LogP contribution in [-0.2, 0) is 4.79 Å². The van der Waals surface area contributed by atoms with Gasteiger partial charge in [-0.25, -0.2) is 0 Å². The lowest BCUT2D eigenvalue weighted by Crippen LogP contribution is -2.29. The van der Waals surface area contributed by atoms with Crippen molar-refractivity contribution < 1.29 is 9.90 Å². The molecule has 2 N–H and O–H groups in total. The van der Waals surface area contributed by atoms with Crippen molar-refractivity contribution in [3.63, 3.8) is 0 Å². The fourth-order valence-electron chi connectivity index (χ4n) is 1.68. The molecule has 16 heavy (non-hydrogen) atoms. The third kappa shape index (κ3) is 7.69. The Hall–Kier alpha value is -0.570. The monoisotopic (exact) mass is 229 g/mol. The van der Waals surface area contributed by atoms with Crippen LogP contribution in [0.4, 0.5) is 0 Å². The Balaban J connectivity index is 3.58. The zero-order valence-corrected chi connectivity index (χ0v) is 11.1. The minimum Gasteiger partial charge on any atom is -0.393 e. The Morgan fingerprint density at radius 2 is 1.88 bits per heavy atom. The molecule has 0 aromatic rings. The van der Waals surface area contributed by atoms with Gasteiger partial charge in [0.15, 0.2) is 0 Å². The number of carbonyl (C=O) groups excluding carboxylic acids is 1. The maximum atomic E-state index is 11.5. The summed E-state index contributed by atoms with van der Waals surface area (Å²) in [6.45, 7) is 8.78. The van der Waals surface area contributed by atoms with Gasteiger partial charge in [-0.05, 0) is 18.3 Å². The van der Waals surface area contributed by atoms with Crippen LogP contribution in [0.15, 0.2) is 0 Å². The third-order valence-electron chi connectivity index (χ3n) is 2.85. The van der Waals surface area contributed by atoms with Gasteiger partial charge in [0.1, 0.15) is 0 Å². The molecule has 0 aromatic heterocycles. The van der Waals surface area contributed by atoms with Crippen molar-refractivity contribution in [3.8, 4) is 0 Å². The van der Waals surface area contributed by atoms with Crippen molar-refractivity contribution in [2.24, 2.45) is 11.8 Å². The lowest BCUT2D eigenvalue weighted by atomic mass is 10.0. The largest absolute Gasteiger partial charge is 0.393 e. The fourth-order valence-corrected chi connectivity index (χ4v) is 1.68. The molecule has 0 fully saturated rings. The van der Waals surface area contributed by atoms with Gasteiger partial charge in [0.25, 0.3) is 0 Å². The molecule has 96 valence electrons. The van der Waals surface area contributed by atoms with E-state index in [-0.39, 0.29) is 17.9 Å². The summed E-state index contributed by atoms with van der Waals surface area (Å²) in [5.41, 5.74) is 0. The Labute approximate surface area is 99.6 Å². The van der Waals surface area contributed by atoms with E-state index in [0.29, 0.717) is 25.3 Å². The highest BCUT2D eigenvalue weighted by Crippen LogP contribution is 2.09. The summed E-state index contributed by atoms with van der Waals surface area (Å²) in [5.74, 6) is 0.827. The molecule has 0 radical (unpaired) electrons. The van der Waals surface area contributed by atoms with Crippen LogP contribution in [-0.4, -0.2) is 23.7 Å². The number of carbonyl (C=O) groups is 1. The van der Waals surface area contributed by atoms with E-state index in [1.165, 1.54) is 0 Å². The molecule has 3 nitrogen and oxygen atoms in total. The van der Waals surface area contributed by atoms with E-state index in [0.717, 1.165) is 12.8 Å². The maximum Gasteiger partial charge on any atom is 0.220 e. The van der Waals surface area contributed by atoms with E-state index in [2.05, 4.69) is 19.2 Å². The minimum atomic E-state index is -0.312. The summed E-state index contributed by atoms with van der Waals surface area (Å²) in [5, 5.41) is 12.4. The molecule has 0 aliphatic carbocycles. The first kappa shape index (κ1) is 15.4. The van der Waals surface area contributed by atoms with Crippen molar-refractivity contribution in [2.45, 2.75) is 59.5 Å². The van der Waals surface area contributed by atoms with Crippen molar-refractivity contribution >= 4 is 5.91 Å². The van der Waals surface area contributed by atoms with Gasteiger partial charge in [0.05, 0.1) is 6.10 Å². The number of aliphatic hydroxyl groups is 1. The average Bonchev–Trinajstić information content (AvgIpc) is 2.17. The molecule has 3 heteroatoms. The zero-order chi connectivity index (χ0) is 12.6. The molecule has 0 saturated carbocycles. The Morgan fingerprint density at radius 1 is 1.25 bits per heavy atom. The molecule has 0 saturated heterocycles. The molecule has 0 aliphatic rings. The molecule has 0 bridgehead atoms. The van der Waals surface area contributed by atoms with E-state index in [4.69, 9.17) is 0 Å². The fraction of sp³-hybridized carbons (Fsp3) is 0.923. The molecular weight excluding hydrogens is 202 g/mol. The summed E-state index contributed by atoms with van der Waals surface area (Å²) in [6.07, 6.45) is 3.16. The van der Waals surface area contributed by atoms with Crippen LogP contribution in [0.2, 0.25) is 0 Å². The lowest BCUT2D eigenvalue weighted by Gasteiger charge is -2.15. The van der Waals surface area contributed by atoms with Gasteiger partial charge in [-0.2, -0.15) is 0 Å². The van der Waals surface area contributed by atoms with Crippen LogP contribution in [0.25, 0.3) is 0 Å². The van der Waals surface area contributed by atoms with Crippen LogP contribution in [0, 0.1) is 11.8 Å². The van der Waals surface area contributed by atoms with Gasteiger partial charge >= 0.3 is 0 Å². The van der Waals surface area contributed by atoms with Gasteiger partial charge in [0, 0.05) is 13.0 Å². The first-order valence-electron chi connectivity index (χ1n) is 6.42. The number of rotatable bonds is 8. The molecule has 0 rings (SSSR count). The van der Waals surface area contributed by atoms with Crippen LogP contribution in [0.1, 0.15) is 53.4 Å². The van der Waals surface area contributed by atoms with Gasteiger partial charge < -0.3 is 10.4 Å². The van der Waals surface area contributed by atoms with Crippen molar-refractivity contribution in [1.82, 2.24) is 5.32 Å². The highest BCUT2D eigenvalue weighted by molar-refractivity contribution is 5.76. The third-order valence-corrected chi connectivity index (χ3v) is 2.85. The van der Waals surface area contributed by atoms with E-state index in [1.807, 2.05) is 13.8 Å². The summed E-state index contributed by atoms with van der Waals surface area (Å²) in [7, 11) is 0. The second-order valence-corrected chi connectivity index (χ2v) is 5.05. The van der Waals surface area contributed by atoms with E-state index in [1.54, 1.807) is 0 Å². The number of hydrogen-bond donors (Lipinski definition) is 2. The standard InChI is InChI=1S/C13H27NO2/c1-5-6-11(4)9-13(16)14-8-7-12(15)10(2)3/h10-12,15H,5-9H2,1-4H3,(H,14,16). The summed E-state index contributed by atoms with van der Waals surface area (Å²) < 4.78 is 0. The summed E-state index contributed by atoms with van der Waals surface area (Å²) >= 11 is 0. The van der Waals surface area contributed by atoms with Gasteiger partial charge in [-0.15, -0.1) is 0 Å². The van der Waals surface area contributed by atoms with Crippen molar-refractivity contribution in [3.05, 3.63) is 0 Å². The quantitative estimate of drug-likeness (QED) is 0.671. The van der Waals surface area contributed by atoms with Gasteiger partial charge in [-0.1, -0.05) is 40.5 Å². The average molecular weight is 229 g/mol. The second-order valence-electron chi connectivity index (χ2n) is 5.05. The van der Waals surface area contributed by atoms with Gasteiger partial charge in [0.2, 0.25) is 5.91 Å². The molecular formula is C13H27NO2. The van der Waals surface area contributed by atoms with Crippen LogP contribution in [0.3, 0.4) is 0 Å². The molecule has 1 amide bonds. The van der Waals surface area contributed by atoms with Crippen LogP contribution < -0.4 is 5.32 Å². The molecule has 0 aromatic carbocycles. The van der Waals surface area contributed by atoms with E-state index >= 15 is 0 Å². The Bertz CT molecular complexity index is 192. The molecule has 2 unspecified atom stereocenters.